The van der Waals surface area contributed by atoms with Crippen LogP contribution in [0.1, 0.15) is 31.4 Å². The normalized spacial score (nSPS) is 26.5. The third-order valence-corrected chi connectivity index (χ3v) is 6.04. The largest absolute Gasteiger partial charge is 0.375 e. The molecule has 2 aliphatic heterocycles. The maximum atomic E-state index is 14.7. The minimum absolute atomic E-state index is 0.212. The average molecular weight is 395 g/mol. The van der Waals surface area contributed by atoms with E-state index >= 15 is 0 Å². The lowest BCUT2D eigenvalue weighted by Crippen LogP contribution is -2.39. The summed E-state index contributed by atoms with van der Waals surface area (Å²) in [4.78, 5) is 16.7. The minimum atomic E-state index is -1.67. The van der Waals surface area contributed by atoms with Crippen molar-refractivity contribution in [1.82, 2.24) is 20.1 Å². The van der Waals surface area contributed by atoms with Gasteiger partial charge in [0.2, 0.25) is 0 Å². The Hall–Kier alpha value is -2.84. The zero-order valence-electron chi connectivity index (χ0n) is 16.0. The van der Waals surface area contributed by atoms with Crippen LogP contribution in [0.4, 0.5) is 10.2 Å². The van der Waals surface area contributed by atoms with E-state index in [9.17, 15) is 14.3 Å². The molecule has 1 aromatic carbocycles. The van der Waals surface area contributed by atoms with Crippen LogP contribution in [0, 0.1) is 0 Å². The van der Waals surface area contributed by atoms with Gasteiger partial charge in [-0.25, -0.2) is 9.37 Å². The number of halogens is 1. The predicted octanol–water partition coefficient (Wildman–Crippen LogP) is 2.52. The van der Waals surface area contributed by atoms with E-state index < -0.39 is 17.7 Å². The van der Waals surface area contributed by atoms with E-state index in [1.165, 1.54) is 0 Å². The molecule has 1 saturated heterocycles. The molecular formula is C21H22FN5O2. The van der Waals surface area contributed by atoms with Crippen LogP contribution in [-0.4, -0.2) is 45.0 Å². The van der Waals surface area contributed by atoms with Gasteiger partial charge in [-0.2, -0.15) is 5.10 Å². The van der Waals surface area contributed by atoms with Gasteiger partial charge in [0.15, 0.2) is 5.60 Å². The van der Waals surface area contributed by atoms with Gasteiger partial charge in [-0.3, -0.25) is 9.48 Å². The summed E-state index contributed by atoms with van der Waals surface area (Å²) in [5.41, 5.74) is 0.858. The fourth-order valence-corrected chi connectivity index (χ4v) is 4.46. The zero-order chi connectivity index (χ0) is 20.2. The molecule has 3 atom stereocenters. The summed E-state index contributed by atoms with van der Waals surface area (Å²) < 4.78 is 16.5. The summed E-state index contributed by atoms with van der Waals surface area (Å²) in [5.74, 6) is -0.137. The molecule has 0 spiro atoms. The van der Waals surface area contributed by atoms with Crippen molar-refractivity contribution in [3.05, 3.63) is 42.1 Å². The van der Waals surface area contributed by atoms with Crippen molar-refractivity contribution >= 4 is 22.6 Å². The van der Waals surface area contributed by atoms with Gasteiger partial charge in [-0.1, -0.05) is 25.1 Å². The second kappa shape index (κ2) is 6.60. The standard InChI is InChI=1S/C21H22FN5O2/c1-2-21(29)17-13(7-10-24-19(17)25-20(21)28)18-12-5-3-4-6-15(12)27(26-18)16-8-9-23-11-14(16)22/h3-7,10,14,16,23,29H,2,8-9,11H2,1H3,(H,24,25,28)/t14-,16+,21-/m0/s1. The van der Waals surface area contributed by atoms with Gasteiger partial charge >= 0.3 is 0 Å². The van der Waals surface area contributed by atoms with Crippen molar-refractivity contribution in [2.75, 3.05) is 18.4 Å². The molecule has 2 aromatic heterocycles. The lowest BCUT2D eigenvalue weighted by Gasteiger charge is -2.27. The van der Waals surface area contributed by atoms with E-state index in [2.05, 4.69) is 15.6 Å². The molecule has 150 valence electrons. The van der Waals surface area contributed by atoms with E-state index in [0.717, 1.165) is 17.4 Å². The Morgan fingerprint density at radius 2 is 2.17 bits per heavy atom. The molecule has 8 heteroatoms. The number of hydrogen-bond acceptors (Lipinski definition) is 5. The molecule has 1 amide bonds. The number of carbonyl (C=O) groups excluding carboxylic acids is 1. The molecule has 1 fully saturated rings. The summed E-state index contributed by atoms with van der Waals surface area (Å²) in [6.07, 6.45) is 1.40. The van der Waals surface area contributed by atoms with Crippen LogP contribution in [0.15, 0.2) is 36.5 Å². The molecule has 3 N–H and O–H groups in total. The van der Waals surface area contributed by atoms with E-state index in [0.29, 0.717) is 35.6 Å². The van der Waals surface area contributed by atoms with Gasteiger partial charge in [-0.15, -0.1) is 0 Å². The number of pyridine rings is 1. The van der Waals surface area contributed by atoms with Crippen LogP contribution in [0.25, 0.3) is 22.2 Å². The summed E-state index contributed by atoms with van der Waals surface area (Å²) in [6, 6.07) is 9.07. The molecule has 0 radical (unpaired) electrons. The number of piperidine rings is 1. The van der Waals surface area contributed by atoms with Crippen molar-refractivity contribution in [2.45, 2.75) is 37.6 Å². The number of nitrogens with one attached hydrogen (secondary N) is 2. The van der Waals surface area contributed by atoms with Crippen molar-refractivity contribution < 1.29 is 14.3 Å². The van der Waals surface area contributed by atoms with Gasteiger partial charge in [-0.05, 0) is 31.5 Å². The Bertz CT molecular complexity index is 1110. The van der Waals surface area contributed by atoms with Crippen molar-refractivity contribution in [3.63, 3.8) is 0 Å². The van der Waals surface area contributed by atoms with Gasteiger partial charge < -0.3 is 15.7 Å². The highest BCUT2D eigenvalue weighted by Gasteiger charge is 2.47. The van der Waals surface area contributed by atoms with E-state index in [1.807, 2.05) is 24.3 Å². The average Bonchev–Trinajstić information content (AvgIpc) is 3.24. The number of alkyl halides is 1. The fraction of sp³-hybridized carbons (Fsp3) is 0.381. The third kappa shape index (κ3) is 2.59. The zero-order valence-corrected chi connectivity index (χ0v) is 16.0. The smallest absolute Gasteiger partial charge is 0.262 e. The number of carbonyl (C=O) groups is 1. The monoisotopic (exact) mass is 395 g/mol. The summed E-state index contributed by atoms with van der Waals surface area (Å²) >= 11 is 0. The van der Waals surface area contributed by atoms with Crippen LogP contribution in [0.2, 0.25) is 0 Å². The Morgan fingerprint density at radius 1 is 1.34 bits per heavy atom. The minimum Gasteiger partial charge on any atom is -0.375 e. The first kappa shape index (κ1) is 18.2. The topological polar surface area (TPSA) is 92.1 Å². The highest BCUT2D eigenvalue weighted by molar-refractivity contribution is 6.07. The quantitative estimate of drug-likeness (QED) is 0.634. The Balaban J connectivity index is 1.75. The first-order valence-electron chi connectivity index (χ1n) is 9.90. The van der Waals surface area contributed by atoms with E-state index in [-0.39, 0.29) is 12.5 Å². The van der Waals surface area contributed by atoms with Crippen molar-refractivity contribution in [2.24, 2.45) is 0 Å². The van der Waals surface area contributed by atoms with Gasteiger partial charge in [0.25, 0.3) is 5.91 Å². The number of hydrogen-bond donors (Lipinski definition) is 3. The summed E-state index contributed by atoms with van der Waals surface area (Å²) in [7, 11) is 0. The number of aliphatic hydroxyl groups is 1. The number of rotatable bonds is 3. The highest BCUT2D eigenvalue weighted by atomic mass is 19.1. The Labute approximate surface area is 166 Å². The number of fused-ring (bicyclic) bond motifs is 2. The summed E-state index contributed by atoms with van der Waals surface area (Å²) in [5, 5.41) is 22.5. The first-order valence-corrected chi connectivity index (χ1v) is 9.90. The molecule has 7 nitrogen and oxygen atoms in total. The van der Waals surface area contributed by atoms with Crippen LogP contribution in [-0.2, 0) is 10.4 Å². The second-order valence-electron chi connectivity index (χ2n) is 7.64. The molecule has 2 aliphatic rings. The van der Waals surface area contributed by atoms with Gasteiger partial charge in [0.05, 0.1) is 11.6 Å². The van der Waals surface area contributed by atoms with E-state index in [4.69, 9.17) is 5.10 Å². The lowest BCUT2D eigenvalue weighted by atomic mass is 9.88. The van der Waals surface area contributed by atoms with Crippen molar-refractivity contribution in [3.8, 4) is 11.3 Å². The number of amides is 1. The van der Waals surface area contributed by atoms with Crippen LogP contribution in [0.3, 0.4) is 0 Å². The second-order valence-corrected chi connectivity index (χ2v) is 7.64. The van der Waals surface area contributed by atoms with Crippen molar-refractivity contribution in [1.29, 1.82) is 0 Å². The molecule has 5 rings (SSSR count). The van der Waals surface area contributed by atoms with Crippen LogP contribution >= 0.6 is 0 Å². The maximum Gasteiger partial charge on any atom is 0.262 e. The van der Waals surface area contributed by atoms with Crippen LogP contribution in [0.5, 0.6) is 0 Å². The SMILES string of the molecule is CC[C@@]1(O)C(=O)Nc2nccc(-c3nn([C@@H]4CCNC[C@@H]4F)c4ccccc34)c21. The lowest BCUT2D eigenvalue weighted by molar-refractivity contribution is -0.133. The van der Waals surface area contributed by atoms with E-state index in [1.54, 1.807) is 23.9 Å². The number of aromatic nitrogens is 3. The number of para-hydroxylation sites is 1. The predicted molar refractivity (Wildman–Crippen MR) is 107 cm³/mol. The molecule has 29 heavy (non-hydrogen) atoms. The fourth-order valence-electron chi connectivity index (χ4n) is 4.46. The third-order valence-electron chi connectivity index (χ3n) is 6.04. The molecule has 4 heterocycles. The van der Waals surface area contributed by atoms with Gasteiger partial charge in [0.1, 0.15) is 17.7 Å². The van der Waals surface area contributed by atoms with Gasteiger partial charge in [0, 0.05) is 29.3 Å². The highest BCUT2D eigenvalue weighted by Crippen LogP contribution is 2.44. The summed E-state index contributed by atoms with van der Waals surface area (Å²) in [6.45, 7) is 2.78. The number of anilines is 1. The Kier molecular flexibility index (Phi) is 4.15. The molecule has 0 saturated carbocycles. The number of nitrogens with zero attached hydrogens (tertiary/aromatic N) is 3. The molecule has 3 aromatic rings. The first-order chi connectivity index (χ1) is 14.0. The molecular weight excluding hydrogens is 373 g/mol. The molecule has 0 aliphatic carbocycles. The molecule has 0 unspecified atom stereocenters. The maximum absolute atomic E-state index is 14.7. The van der Waals surface area contributed by atoms with Crippen LogP contribution < -0.4 is 10.6 Å². The molecule has 0 bridgehead atoms. The number of benzene rings is 1. The Morgan fingerprint density at radius 3 is 2.97 bits per heavy atom.